The van der Waals surface area contributed by atoms with Crippen molar-refractivity contribution < 1.29 is 27.5 Å². The molecule has 2 aliphatic heterocycles. The summed E-state index contributed by atoms with van der Waals surface area (Å²) in [7, 11) is 0. The second-order valence-corrected chi connectivity index (χ2v) is 8.35. The van der Waals surface area contributed by atoms with Crippen LogP contribution in [0.25, 0.3) is 0 Å². The van der Waals surface area contributed by atoms with Gasteiger partial charge in [0.05, 0.1) is 25.1 Å². The number of hydrogen-bond donors (Lipinski definition) is 2. The molecule has 2 atom stereocenters. The van der Waals surface area contributed by atoms with Gasteiger partial charge in [-0.3, -0.25) is 4.79 Å². The van der Waals surface area contributed by atoms with Gasteiger partial charge in [0.1, 0.15) is 11.7 Å². The van der Waals surface area contributed by atoms with Crippen LogP contribution in [0.2, 0.25) is 0 Å². The number of benzene rings is 1. The Morgan fingerprint density at radius 3 is 2.50 bits per heavy atom. The van der Waals surface area contributed by atoms with Crippen molar-refractivity contribution in [2.45, 2.75) is 38.0 Å². The van der Waals surface area contributed by atoms with Crippen molar-refractivity contribution >= 4 is 29.0 Å². The highest BCUT2D eigenvalue weighted by Gasteiger charge is 2.33. The number of ether oxygens (including phenoxy) is 1. The summed E-state index contributed by atoms with van der Waals surface area (Å²) >= 11 is 0. The van der Waals surface area contributed by atoms with Crippen LogP contribution in [0.15, 0.2) is 42.6 Å². The van der Waals surface area contributed by atoms with Gasteiger partial charge in [0.25, 0.3) is 0 Å². The Hall–Kier alpha value is -3.34. The van der Waals surface area contributed by atoms with Crippen LogP contribution in [0.1, 0.15) is 25.5 Å². The number of rotatable bonds is 4. The van der Waals surface area contributed by atoms with Gasteiger partial charge in [-0.15, -0.1) is 0 Å². The fourth-order valence-electron chi connectivity index (χ4n) is 4.16. The van der Waals surface area contributed by atoms with Crippen molar-refractivity contribution in [2.24, 2.45) is 0 Å². The number of nitrogens with one attached hydrogen (secondary N) is 2. The van der Waals surface area contributed by atoms with Crippen molar-refractivity contribution in [1.82, 2.24) is 10.3 Å². The average Bonchev–Trinajstić information content (AvgIpc) is 2.81. The molecule has 182 valence electrons. The van der Waals surface area contributed by atoms with Gasteiger partial charge in [-0.05, 0) is 56.2 Å². The second-order valence-electron chi connectivity index (χ2n) is 8.35. The first kappa shape index (κ1) is 23.8. The van der Waals surface area contributed by atoms with Gasteiger partial charge in [-0.1, -0.05) is 0 Å². The van der Waals surface area contributed by atoms with E-state index in [4.69, 9.17) is 4.74 Å². The van der Waals surface area contributed by atoms with Gasteiger partial charge in [0.2, 0.25) is 5.91 Å². The third-order valence-electron chi connectivity index (χ3n) is 5.92. The summed E-state index contributed by atoms with van der Waals surface area (Å²) in [5, 5.41) is 5.04. The highest BCUT2D eigenvalue weighted by atomic mass is 19.4. The number of anilines is 3. The lowest BCUT2D eigenvalue weighted by atomic mass is 10.0. The number of halogens is 3. The third-order valence-corrected chi connectivity index (χ3v) is 5.92. The molecule has 0 spiro atoms. The van der Waals surface area contributed by atoms with E-state index in [1.54, 1.807) is 4.90 Å². The van der Waals surface area contributed by atoms with Gasteiger partial charge in [-0.2, -0.15) is 13.2 Å². The first-order chi connectivity index (χ1) is 16.2. The molecule has 0 bridgehead atoms. The normalized spacial score (nSPS) is 21.4. The Morgan fingerprint density at radius 2 is 1.85 bits per heavy atom. The molecular formula is C23H26F3N5O3. The van der Waals surface area contributed by atoms with E-state index in [9.17, 15) is 22.8 Å². The van der Waals surface area contributed by atoms with E-state index in [1.165, 1.54) is 0 Å². The molecule has 2 N–H and O–H groups in total. The highest BCUT2D eigenvalue weighted by molar-refractivity contribution is 6.01. The minimum atomic E-state index is -4.56. The lowest BCUT2D eigenvalue weighted by Crippen LogP contribution is -2.53. The largest absolute Gasteiger partial charge is 0.433 e. The molecule has 1 aromatic heterocycles. The maximum atomic E-state index is 13.0. The zero-order chi connectivity index (χ0) is 24.3. The Kier molecular flexibility index (Phi) is 6.92. The van der Waals surface area contributed by atoms with Crippen molar-refractivity contribution in [1.29, 1.82) is 0 Å². The third kappa shape index (κ3) is 5.41. The minimum absolute atomic E-state index is 0.0959. The van der Waals surface area contributed by atoms with Crippen LogP contribution in [-0.4, -0.2) is 55.3 Å². The number of morpholine rings is 1. The van der Waals surface area contributed by atoms with E-state index in [1.807, 2.05) is 24.3 Å². The molecule has 11 heteroatoms. The zero-order valence-corrected chi connectivity index (χ0v) is 18.6. The van der Waals surface area contributed by atoms with Crippen LogP contribution in [0.4, 0.5) is 35.0 Å². The SMILES string of the molecule is C[C@@H]1COCCN1c1ccc(N2CCC[C@@H](NC(=O)Nc3ccc(C(F)(F)F)nc3)C2=O)cc1. The van der Waals surface area contributed by atoms with E-state index in [-0.39, 0.29) is 17.6 Å². The molecule has 2 aliphatic rings. The van der Waals surface area contributed by atoms with Gasteiger partial charge in [0.15, 0.2) is 0 Å². The first-order valence-electron chi connectivity index (χ1n) is 11.1. The Bertz CT molecular complexity index is 1010. The number of nitrogens with zero attached hydrogens (tertiary/aromatic N) is 3. The number of carbonyl (C=O) groups is 2. The number of carbonyl (C=O) groups excluding carboxylic acids is 2. The van der Waals surface area contributed by atoms with Crippen LogP contribution in [-0.2, 0) is 15.7 Å². The zero-order valence-electron chi connectivity index (χ0n) is 18.6. The standard InChI is InChI=1S/C23H26F3N5O3/c1-15-14-34-12-11-30(15)17-5-7-18(8-6-17)31-10-2-3-19(21(31)32)29-22(33)28-16-4-9-20(27-13-16)23(24,25)26/h4-9,13,15,19H,2-3,10-12,14H2,1H3,(H2,28,29,33)/t15-,19-/m1/s1. The molecule has 34 heavy (non-hydrogen) atoms. The van der Waals surface area contributed by atoms with Gasteiger partial charge >= 0.3 is 12.2 Å². The lowest BCUT2D eigenvalue weighted by molar-refractivity contribution is -0.141. The van der Waals surface area contributed by atoms with Gasteiger partial charge < -0.3 is 25.2 Å². The average molecular weight is 477 g/mol. The first-order valence-corrected chi connectivity index (χ1v) is 11.1. The van der Waals surface area contributed by atoms with E-state index in [2.05, 4.69) is 27.4 Å². The van der Waals surface area contributed by atoms with Crippen molar-refractivity contribution in [3.8, 4) is 0 Å². The molecule has 3 amide bonds. The molecule has 2 aromatic rings. The summed E-state index contributed by atoms with van der Waals surface area (Å²) in [5.74, 6) is -0.237. The summed E-state index contributed by atoms with van der Waals surface area (Å²) in [4.78, 5) is 32.6. The molecule has 0 unspecified atom stereocenters. The number of pyridine rings is 1. The van der Waals surface area contributed by atoms with Crippen molar-refractivity contribution in [3.63, 3.8) is 0 Å². The van der Waals surface area contributed by atoms with Crippen LogP contribution in [0, 0.1) is 0 Å². The van der Waals surface area contributed by atoms with Crippen LogP contribution in [0.3, 0.4) is 0 Å². The van der Waals surface area contributed by atoms with E-state index in [0.717, 1.165) is 36.2 Å². The molecule has 3 heterocycles. The summed E-state index contributed by atoms with van der Waals surface area (Å²) in [5.41, 5.74) is 0.848. The summed E-state index contributed by atoms with van der Waals surface area (Å²) in [6, 6.07) is 8.48. The van der Waals surface area contributed by atoms with Gasteiger partial charge in [0, 0.05) is 30.5 Å². The molecule has 2 saturated heterocycles. The number of hydrogen-bond acceptors (Lipinski definition) is 5. The number of alkyl halides is 3. The number of amides is 3. The number of piperidine rings is 1. The molecule has 4 rings (SSSR count). The number of aromatic nitrogens is 1. The quantitative estimate of drug-likeness (QED) is 0.702. The second kappa shape index (κ2) is 9.88. The highest BCUT2D eigenvalue weighted by Crippen LogP contribution is 2.28. The fraction of sp³-hybridized carbons (Fsp3) is 0.435. The Morgan fingerprint density at radius 1 is 1.12 bits per heavy atom. The van der Waals surface area contributed by atoms with Crippen LogP contribution in [0.5, 0.6) is 0 Å². The molecule has 8 nitrogen and oxygen atoms in total. The summed E-state index contributed by atoms with van der Waals surface area (Å²) in [6.45, 7) is 4.79. The molecule has 0 saturated carbocycles. The molecule has 0 radical (unpaired) electrons. The van der Waals surface area contributed by atoms with E-state index in [0.29, 0.717) is 32.6 Å². The monoisotopic (exact) mass is 477 g/mol. The smallest absolute Gasteiger partial charge is 0.377 e. The summed E-state index contributed by atoms with van der Waals surface area (Å²) in [6.07, 6.45) is -2.47. The Labute approximate surface area is 195 Å². The maximum absolute atomic E-state index is 13.0. The molecule has 1 aromatic carbocycles. The Balaban J connectivity index is 1.36. The van der Waals surface area contributed by atoms with E-state index < -0.39 is 23.9 Å². The van der Waals surface area contributed by atoms with Crippen LogP contribution >= 0.6 is 0 Å². The minimum Gasteiger partial charge on any atom is -0.377 e. The van der Waals surface area contributed by atoms with Gasteiger partial charge in [-0.25, -0.2) is 9.78 Å². The van der Waals surface area contributed by atoms with Crippen molar-refractivity contribution in [2.75, 3.05) is 41.4 Å². The number of urea groups is 1. The van der Waals surface area contributed by atoms with E-state index >= 15 is 0 Å². The van der Waals surface area contributed by atoms with Crippen molar-refractivity contribution in [3.05, 3.63) is 48.3 Å². The molecule has 0 aliphatic carbocycles. The topological polar surface area (TPSA) is 86.8 Å². The lowest BCUT2D eigenvalue weighted by Gasteiger charge is -2.36. The fourth-order valence-corrected chi connectivity index (χ4v) is 4.16. The van der Waals surface area contributed by atoms with Crippen LogP contribution < -0.4 is 20.4 Å². The summed E-state index contributed by atoms with van der Waals surface area (Å²) < 4.78 is 43.4. The predicted octanol–water partition coefficient (Wildman–Crippen LogP) is 3.64. The molecule has 2 fully saturated rings. The molecular weight excluding hydrogens is 451 g/mol. The maximum Gasteiger partial charge on any atom is 0.433 e. The predicted molar refractivity (Wildman–Crippen MR) is 121 cm³/mol.